The first kappa shape index (κ1) is 25.7. The highest BCUT2D eigenvalue weighted by Gasteiger charge is 2.31. The lowest BCUT2D eigenvalue weighted by Gasteiger charge is -2.30. The molecule has 2 aromatic heterocycles. The first-order chi connectivity index (χ1) is 17.1. The number of amides is 1. The number of anilines is 1. The van der Waals surface area contributed by atoms with Gasteiger partial charge in [-0.05, 0) is 55.7 Å². The van der Waals surface area contributed by atoms with E-state index in [2.05, 4.69) is 14.7 Å². The molecule has 3 heterocycles. The average molecular weight is 509 g/mol. The standard InChI is InChI=1S/C17H20FN3O2.C8H8F3NO/c18-13-8-19-17-16(12-7-11(23)1-2-14(12)20-17)15(13)10-3-5-21(9-22)6-4-10;1-5-2-3-6(4-7(5)12)13-8(9,10)11/h8-11,23H,1-7H2,(H,19,20);2-4H,12H2,1H3. The summed E-state index contributed by atoms with van der Waals surface area (Å²) < 4.78 is 53.4. The molecule has 5 rings (SSSR count). The van der Waals surface area contributed by atoms with Crippen molar-refractivity contribution in [2.24, 2.45) is 0 Å². The van der Waals surface area contributed by atoms with Gasteiger partial charge in [0.1, 0.15) is 17.2 Å². The summed E-state index contributed by atoms with van der Waals surface area (Å²) in [5.41, 5.74) is 9.93. The highest BCUT2D eigenvalue weighted by atomic mass is 19.4. The molecule has 1 atom stereocenters. The third kappa shape index (κ3) is 5.72. The summed E-state index contributed by atoms with van der Waals surface area (Å²) in [5, 5.41) is 10.9. The van der Waals surface area contributed by atoms with E-state index in [4.69, 9.17) is 5.73 Å². The van der Waals surface area contributed by atoms with E-state index in [9.17, 15) is 27.5 Å². The van der Waals surface area contributed by atoms with Gasteiger partial charge in [0.25, 0.3) is 0 Å². The predicted octanol–water partition coefficient (Wildman–Crippen LogP) is 4.36. The molecule has 1 aliphatic carbocycles. The second kappa shape index (κ2) is 10.3. The highest BCUT2D eigenvalue weighted by molar-refractivity contribution is 5.86. The second-order valence-corrected chi connectivity index (χ2v) is 9.20. The van der Waals surface area contributed by atoms with Gasteiger partial charge in [0.2, 0.25) is 6.41 Å². The number of aliphatic hydroxyl groups excluding tert-OH is 1. The van der Waals surface area contributed by atoms with Crippen LogP contribution in [0.3, 0.4) is 0 Å². The molecule has 36 heavy (non-hydrogen) atoms. The first-order valence-electron chi connectivity index (χ1n) is 11.7. The molecule has 3 aromatic rings. The van der Waals surface area contributed by atoms with Crippen LogP contribution in [0.1, 0.15) is 47.6 Å². The number of halogens is 4. The Morgan fingerprint density at radius 3 is 2.61 bits per heavy atom. The van der Waals surface area contributed by atoms with Gasteiger partial charge in [-0.3, -0.25) is 4.79 Å². The van der Waals surface area contributed by atoms with E-state index in [0.29, 0.717) is 25.1 Å². The summed E-state index contributed by atoms with van der Waals surface area (Å²) in [4.78, 5) is 20.1. The number of carbonyl (C=O) groups is 1. The molecule has 0 bridgehead atoms. The number of hydrogen-bond donors (Lipinski definition) is 3. The Balaban J connectivity index is 0.000000200. The van der Waals surface area contributed by atoms with Crippen LogP contribution in [0.15, 0.2) is 24.4 Å². The lowest BCUT2D eigenvalue weighted by molar-refractivity contribution is -0.274. The van der Waals surface area contributed by atoms with Gasteiger partial charge in [-0.15, -0.1) is 13.2 Å². The molecule has 1 saturated heterocycles. The summed E-state index contributed by atoms with van der Waals surface area (Å²) in [5.74, 6) is -0.477. The number of H-pyrrole nitrogens is 1. The fraction of sp³-hybridized carbons (Fsp3) is 0.440. The van der Waals surface area contributed by atoms with Crippen LogP contribution >= 0.6 is 0 Å². The summed E-state index contributed by atoms with van der Waals surface area (Å²) >= 11 is 0. The molecule has 1 unspecified atom stereocenters. The van der Waals surface area contributed by atoms with E-state index in [1.807, 2.05) is 0 Å². The van der Waals surface area contributed by atoms with Crippen molar-refractivity contribution in [3.8, 4) is 5.75 Å². The number of rotatable bonds is 3. The van der Waals surface area contributed by atoms with Crippen molar-refractivity contribution < 1.29 is 32.2 Å². The molecular weight excluding hydrogens is 480 g/mol. The summed E-state index contributed by atoms with van der Waals surface area (Å²) in [7, 11) is 0. The van der Waals surface area contributed by atoms with Crippen molar-refractivity contribution in [2.75, 3.05) is 18.8 Å². The third-order valence-corrected chi connectivity index (χ3v) is 6.74. The van der Waals surface area contributed by atoms with E-state index in [-0.39, 0.29) is 29.3 Å². The maximum Gasteiger partial charge on any atom is 0.573 e. The monoisotopic (exact) mass is 508 g/mol. The number of fused-ring (bicyclic) bond motifs is 3. The Morgan fingerprint density at radius 1 is 1.25 bits per heavy atom. The number of likely N-dealkylation sites (tertiary alicyclic amines) is 1. The van der Waals surface area contributed by atoms with Gasteiger partial charge in [-0.1, -0.05) is 6.07 Å². The number of pyridine rings is 1. The molecule has 11 heteroatoms. The molecule has 1 fully saturated rings. The number of ether oxygens (including phenoxy) is 1. The molecule has 2 aliphatic rings. The molecule has 1 amide bonds. The van der Waals surface area contributed by atoms with Gasteiger partial charge in [-0.25, -0.2) is 9.37 Å². The van der Waals surface area contributed by atoms with E-state index in [1.54, 1.807) is 11.8 Å². The molecule has 0 radical (unpaired) electrons. The maximum absolute atomic E-state index is 14.6. The van der Waals surface area contributed by atoms with Gasteiger partial charge >= 0.3 is 6.36 Å². The van der Waals surface area contributed by atoms with Gasteiger partial charge in [-0.2, -0.15) is 0 Å². The van der Waals surface area contributed by atoms with Crippen molar-refractivity contribution >= 4 is 23.1 Å². The topological polar surface area (TPSA) is 104 Å². The van der Waals surface area contributed by atoms with Crippen molar-refractivity contribution in [1.29, 1.82) is 0 Å². The Bertz CT molecular complexity index is 1240. The number of piperidine rings is 1. The zero-order valence-electron chi connectivity index (χ0n) is 19.7. The number of nitrogens with one attached hydrogen (secondary N) is 1. The molecular formula is C25H28F4N4O3. The van der Waals surface area contributed by atoms with Crippen LogP contribution < -0.4 is 10.5 Å². The number of nitrogens with two attached hydrogens (primary N) is 1. The molecule has 7 nitrogen and oxygen atoms in total. The smallest absolute Gasteiger partial charge is 0.406 e. The van der Waals surface area contributed by atoms with Crippen molar-refractivity contribution in [3.05, 3.63) is 52.6 Å². The fourth-order valence-corrected chi connectivity index (χ4v) is 4.87. The highest BCUT2D eigenvalue weighted by Crippen LogP contribution is 2.38. The van der Waals surface area contributed by atoms with Gasteiger partial charge in [0.05, 0.1) is 12.3 Å². The van der Waals surface area contributed by atoms with Crippen molar-refractivity contribution in [2.45, 2.75) is 57.4 Å². The second-order valence-electron chi connectivity index (χ2n) is 9.20. The van der Waals surface area contributed by atoms with E-state index < -0.39 is 6.36 Å². The molecule has 0 spiro atoms. The SMILES string of the molecule is Cc1ccc(OC(F)(F)F)cc1N.O=CN1CCC(c2c(F)cnc3[nH]c4c(c23)CC(O)CC4)CC1. The molecule has 4 N–H and O–H groups in total. The number of nitrogens with zero attached hydrogens (tertiary/aromatic N) is 2. The Kier molecular flexibility index (Phi) is 7.39. The summed E-state index contributed by atoms with van der Waals surface area (Å²) in [6.07, 6.45) is 0.712. The van der Waals surface area contributed by atoms with Crippen LogP contribution in [0, 0.1) is 12.7 Å². The number of hydrogen-bond acceptors (Lipinski definition) is 5. The summed E-state index contributed by atoms with van der Waals surface area (Å²) in [6, 6.07) is 3.83. The zero-order chi connectivity index (χ0) is 26.0. The van der Waals surface area contributed by atoms with E-state index >= 15 is 0 Å². The minimum atomic E-state index is -4.66. The molecule has 194 valence electrons. The maximum atomic E-state index is 14.6. The first-order valence-corrected chi connectivity index (χ1v) is 11.7. The van der Waals surface area contributed by atoms with Gasteiger partial charge < -0.3 is 25.5 Å². The lowest BCUT2D eigenvalue weighted by atomic mass is 9.85. The van der Waals surface area contributed by atoms with E-state index in [0.717, 1.165) is 66.0 Å². The largest absolute Gasteiger partial charge is 0.573 e. The normalized spacial score (nSPS) is 18.4. The Morgan fingerprint density at radius 2 is 1.97 bits per heavy atom. The Hall–Kier alpha value is -3.34. The van der Waals surface area contributed by atoms with Gasteiger partial charge in [0.15, 0.2) is 0 Å². The molecule has 0 saturated carbocycles. The number of benzene rings is 1. The lowest BCUT2D eigenvalue weighted by Crippen LogP contribution is -2.32. The number of alkyl halides is 3. The summed E-state index contributed by atoms with van der Waals surface area (Å²) in [6.45, 7) is 3.02. The number of aromatic nitrogens is 2. The van der Waals surface area contributed by atoms with Crippen molar-refractivity contribution in [1.82, 2.24) is 14.9 Å². The van der Waals surface area contributed by atoms with E-state index in [1.165, 1.54) is 18.3 Å². The quantitative estimate of drug-likeness (QED) is 0.277. The van der Waals surface area contributed by atoms with Crippen LogP contribution in [0.4, 0.5) is 23.2 Å². The molecule has 1 aliphatic heterocycles. The van der Waals surface area contributed by atoms with Crippen LogP contribution in [-0.4, -0.2) is 51.9 Å². The number of aromatic amines is 1. The number of aliphatic hydroxyl groups is 1. The number of carbonyl (C=O) groups excluding carboxylic acids is 1. The zero-order valence-corrected chi connectivity index (χ0v) is 19.7. The molecule has 1 aromatic carbocycles. The van der Waals surface area contributed by atoms with Crippen LogP contribution in [0.5, 0.6) is 5.75 Å². The van der Waals surface area contributed by atoms with Crippen LogP contribution in [0.25, 0.3) is 11.0 Å². The average Bonchev–Trinajstić information content (AvgIpc) is 3.19. The van der Waals surface area contributed by atoms with Crippen molar-refractivity contribution in [3.63, 3.8) is 0 Å². The minimum absolute atomic E-state index is 0.0932. The Labute approximate surface area is 205 Å². The fourth-order valence-electron chi connectivity index (χ4n) is 4.87. The predicted molar refractivity (Wildman–Crippen MR) is 126 cm³/mol. The van der Waals surface area contributed by atoms with Crippen LogP contribution in [-0.2, 0) is 17.6 Å². The number of nitrogen functional groups attached to an aromatic ring is 1. The third-order valence-electron chi connectivity index (χ3n) is 6.74. The van der Waals surface area contributed by atoms with Crippen LogP contribution in [0.2, 0.25) is 0 Å². The number of aryl methyl sites for hydroxylation is 2. The minimum Gasteiger partial charge on any atom is -0.406 e. The van der Waals surface area contributed by atoms with Gasteiger partial charge in [0, 0.05) is 47.9 Å².